The molecule has 2 aliphatic carbocycles. The maximum absolute atomic E-state index is 5.64. The van der Waals surface area contributed by atoms with E-state index in [-0.39, 0.29) is 18.5 Å². The molecule has 0 amide bonds. The highest BCUT2D eigenvalue weighted by molar-refractivity contribution is 6.29. The van der Waals surface area contributed by atoms with E-state index >= 15 is 0 Å². The number of aromatic nitrogens is 2. The van der Waals surface area contributed by atoms with Crippen molar-refractivity contribution < 1.29 is 0 Å². The topological polar surface area (TPSA) is 84.8 Å². The van der Waals surface area contributed by atoms with Crippen LogP contribution >= 0.6 is 0 Å². The third-order valence-electron chi connectivity index (χ3n) is 17.3. The van der Waals surface area contributed by atoms with Crippen molar-refractivity contribution in [1.29, 1.82) is 0 Å². The number of allylic oxidation sites excluding steroid dienone is 7. The molecule has 0 radical (unpaired) electrons. The van der Waals surface area contributed by atoms with Gasteiger partial charge in [0.25, 0.3) is 0 Å². The van der Waals surface area contributed by atoms with Gasteiger partial charge in [-0.25, -0.2) is 0 Å². The third kappa shape index (κ3) is 8.73. The second-order valence-electron chi connectivity index (χ2n) is 22.3. The van der Waals surface area contributed by atoms with Crippen LogP contribution in [-0.2, 0) is 0 Å². The van der Waals surface area contributed by atoms with Gasteiger partial charge in [-0.05, 0) is 123 Å². The van der Waals surface area contributed by atoms with E-state index in [1.807, 2.05) is 0 Å². The zero-order valence-corrected chi connectivity index (χ0v) is 46.3. The summed E-state index contributed by atoms with van der Waals surface area (Å²) < 4.78 is 5.04. The number of hydrogen-bond donors (Lipinski definition) is 3. The lowest BCUT2D eigenvalue weighted by Crippen LogP contribution is -2.54. The number of nitrogens with zero attached hydrogens (tertiary/aromatic N) is 5. The van der Waals surface area contributed by atoms with Crippen LogP contribution in [-0.4, -0.2) is 20.8 Å². The average molecular weight is 1080 g/mol. The fraction of sp³-hybridized carbons (Fsp3) is 0.105. The smallest absolute Gasteiger partial charge is 0.0870 e. The van der Waals surface area contributed by atoms with Gasteiger partial charge in [-0.2, -0.15) is 0 Å². The van der Waals surface area contributed by atoms with Crippen LogP contribution in [0.2, 0.25) is 0 Å². The lowest BCUT2D eigenvalue weighted by atomic mass is 9.94. The molecule has 4 unspecified atom stereocenters. The Morgan fingerprint density at radius 1 is 0.476 bits per heavy atom. The number of para-hydroxylation sites is 2. The molecule has 12 aromatic rings. The van der Waals surface area contributed by atoms with Crippen molar-refractivity contribution in [3.05, 3.63) is 311 Å². The molecule has 10 aromatic carbocycles. The van der Waals surface area contributed by atoms with Gasteiger partial charge in [0.05, 0.1) is 58.3 Å². The van der Waals surface area contributed by atoms with E-state index in [0.29, 0.717) is 5.84 Å². The minimum absolute atomic E-state index is 0.201. The summed E-state index contributed by atoms with van der Waals surface area (Å²) in [7, 11) is 0. The first-order valence-corrected chi connectivity index (χ1v) is 29.4. The minimum atomic E-state index is -0.516. The van der Waals surface area contributed by atoms with Gasteiger partial charge in [0, 0.05) is 38.4 Å². The molecule has 1 saturated heterocycles. The fourth-order valence-corrected chi connectivity index (χ4v) is 13.3. The molecule has 8 heteroatoms. The van der Waals surface area contributed by atoms with E-state index in [4.69, 9.17) is 15.3 Å². The van der Waals surface area contributed by atoms with Crippen molar-refractivity contribution in [3.8, 4) is 22.5 Å². The molecule has 0 saturated carbocycles. The highest BCUT2D eigenvalue weighted by Crippen LogP contribution is 2.47. The molecule has 0 bridgehead atoms. The van der Waals surface area contributed by atoms with E-state index in [0.717, 1.165) is 92.8 Å². The molecule has 84 heavy (non-hydrogen) atoms. The van der Waals surface area contributed by atoms with Gasteiger partial charge in [0.1, 0.15) is 0 Å². The maximum atomic E-state index is 5.64. The molecule has 4 atom stereocenters. The molecule has 1 fully saturated rings. The van der Waals surface area contributed by atoms with Gasteiger partial charge < -0.3 is 19.4 Å². The highest BCUT2D eigenvalue weighted by Gasteiger charge is 2.33. The molecule has 8 nitrogen and oxygen atoms in total. The summed E-state index contributed by atoms with van der Waals surface area (Å²) in [5.74, 6) is 1.35. The number of hydrogen-bond acceptors (Lipinski definition) is 5. The SMILES string of the molecule is C1=CCCC(C2=NC(c3cc(C4NC(c5ccccc5)NC(c5ccccc5-c5ccccc5)N4)ccc3-n3c4ccccc4c4cc(C5=CCCC=C5)c5c(c6ccccc6n5-c5ccc6ccccc6c5)c43)=NC(c3ccccc3)[N-]2)=C1. The van der Waals surface area contributed by atoms with Crippen LogP contribution in [0.3, 0.4) is 0 Å². The molecule has 4 heterocycles. The van der Waals surface area contributed by atoms with E-state index in [9.17, 15) is 0 Å². The molecule has 4 aliphatic rings. The van der Waals surface area contributed by atoms with E-state index in [1.165, 1.54) is 60.1 Å². The van der Waals surface area contributed by atoms with Crippen LogP contribution in [0.25, 0.3) is 87.8 Å². The van der Waals surface area contributed by atoms with E-state index < -0.39 is 6.17 Å². The number of rotatable bonds is 10. The Morgan fingerprint density at radius 3 is 1.95 bits per heavy atom. The lowest BCUT2D eigenvalue weighted by molar-refractivity contribution is 0.203. The monoisotopic (exact) mass is 1080 g/mol. The number of fused-ring (bicyclic) bond motifs is 8. The summed E-state index contributed by atoms with van der Waals surface area (Å²) in [4.78, 5) is 11.2. The molecule has 16 rings (SSSR count). The molecule has 3 N–H and O–H groups in total. The molecule has 404 valence electrons. The first-order valence-electron chi connectivity index (χ1n) is 29.4. The van der Waals surface area contributed by atoms with E-state index in [2.05, 4.69) is 292 Å². The van der Waals surface area contributed by atoms with Crippen LogP contribution < -0.4 is 16.0 Å². The average Bonchev–Trinajstić information content (AvgIpc) is 1.64. The van der Waals surface area contributed by atoms with Gasteiger partial charge >= 0.3 is 0 Å². The van der Waals surface area contributed by atoms with Crippen LogP contribution in [0, 0.1) is 0 Å². The summed E-state index contributed by atoms with van der Waals surface area (Å²) in [5.41, 5.74) is 17.8. The summed E-state index contributed by atoms with van der Waals surface area (Å²) >= 11 is 0. The lowest BCUT2D eigenvalue weighted by Gasteiger charge is -2.40. The Balaban J connectivity index is 0.979. The summed E-state index contributed by atoms with van der Waals surface area (Å²) in [6.07, 6.45) is 16.1. The van der Waals surface area contributed by atoms with E-state index in [1.54, 1.807) is 0 Å². The Morgan fingerprint density at radius 2 is 1.17 bits per heavy atom. The normalized spacial score (nSPS) is 18.9. The minimum Gasteiger partial charge on any atom is -0.438 e. The first kappa shape index (κ1) is 49.8. The zero-order chi connectivity index (χ0) is 55.5. The Hall–Kier alpha value is -9.96. The van der Waals surface area contributed by atoms with Crippen LogP contribution in [0.15, 0.2) is 283 Å². The number of benzene rings is 10. The van der Waals surface area contributed by atoms with Crippen LogP contribution in [0.1, 0.15) is 83.7 Å². The fourth-order valence-electron chi connectivity index (χ4n) is 13.3. The van der Waals surface area contributed by atoms with Crippen LogP contribution in [0.5, 0.6) is 0 Å². The Kier molecular flexibility index (Phi) is 12.5. The zero-order valence-electron chi connectivity index (χ0n) is 46.3. The third-order valence-corrected chi connectivity index (χ3v) is 17.3. The molecular weight excluding hydrogens is 1020 g/mol. The van der Waals surface area contributed by atoms with Gasteiger partial charge in [0.15, 0.2) is 0 Å². The summed E-state index contributed by atoms with van der Waals surface area (Å²) in [6, 6.07) is 83.6. The van der Waals surface area contributed by atoms with Gasteiger partial charge in [-0.1, -0.05) is 230 Å². The van der Waals surface area contributed by atoms with Crippen molar-refractivity contribution >= 4 is 71.6 Å². The number of aliphatic imine (C=N–C) groups is 2. The largest absolute Gasteiger partial charge is 0.438 e. The summed E-state index contributed by atoms with van der Waals surface area (Å²) in [6.45, 7) is 0. The second-order valence-corrected chi connectivity index (χ2v) is 22.3. The Labute approximate surface area is 488 Å². The van der Waals surface area contributed by atoms with Gasteiger partial charge in [-0.3, -0.25) is 20.9 Å². The quantitative estimate of drug-likeness (QED) is 0.128. The van der Waals surface area contributed by atoms with Crippen molar-refractivity contribution in [2.24, 2.45) is 9.98 Å². The number of amidine groups is 2. The Bertz CT molecular complexity index is 4750. The second kappa shape index (κ2) is 21.1. The maximum Gasteiger partial charge on any atom is 0.0870 e. The van der Waals surface area contributed by atoms with Gasteiger partial charge in [-0.15, -0.1) is 0 Å². The molecular formula is C76H59N8-. The standard InChI is InChI=1S/C76H59N8/c1-6-25-50(26-7-1)58-36-18-19-38-60(58)75-79-73(54-33-14-5-15-34-54)78-74(82-75)56-43-45-67(64(47-56)76-80-71(52-29-10-3-11-30-52)77-72(81-76)53-31-12-4-13-32-53)84-65-40-22-20-37-59(65)63-48-62(51-27-8-2-9-28-51)69-68(70(63)84)61-39-21-23-41-66(61)83(69)57-44-42-49-24-16-17-35-55(49)46-57/h1,3-8,10-12,14-31,33-48,71,73-75,78-79,82H,2,9,13,32H2/q-1. The highest BCUT2D eigenvalue weighted by atomic mass is 15.4. The number of nitrogens with one attached hydrogen (secondary N) is 3. The first-order chi connectivity index (χ1) is 41.7. The van der Waals surface area contributed by atoms with Crippen LogP contribution in [0.4, 0.5) is 0 Å². The van der Waals surface area contributed by atoms with Gasteiger partial charge in [0.2, 0.25) is 0 Å². The van der Waals surface area contributed by atoms with Crippen molar-refractivity contribution in [2.75, 3.05) is 0 Å². The van der Waals surface area contributed by atoms with Crippen molar-refractivity contribution in [3.63, 3.8) is 0 Å². The summed E-state index contributed by atoms with van der Waals surface area (Å²) in [5, 5.41) is 24.6. The van der Waals surface area contributed by atoms with Crippen molar-refractivity contribution in [2.45, 2.75) is 50.3 Å². The molecule has 2 aliphatic heterocycles. The molecule has 2 aromatic heterocycles. The predicted octanol–water partition coefficient (Wildman–Crippen LogP) is 18.1. The molecule has 0 spiro atoms. The predicted molar refractivity (Wildman–Crippen MR) is 348 cm³/mol. The van der Waals surface area contributed by atoms with Crippen molar-refractivity contribution in [1.82, 2.24) is 25.1 Å².